The van der Waals surface area contributed by atoms with Crippen LogP contribution in [0.4, 0.5) is 4.79 Å². The van der Waals surface area contributed by atoms with Crippen LogP contribution in [0.3, 0.4) is 0 Å². The largest absolute Gasteiger partial charge is 0.457 e. The van der Waals surface area contributed by atoms with Crippen molar-refractivity contribution in [3.8, 4) is 0 Å². The molecule has 222 valence electrons. The van der Waals surface area contributed by atoms with Gasteiger partial charge < -0.3 is 29.6 Å². The van der Waals surface area contributed by atoms with Crippen LogP contribution in [-0.2, 0) is 23.6 Å². The van der Waals surface area contributed by atoms with E-state index in [1.165, 1.54) is 6.92 Å². The van der Waals surface area contributed by atoms with Gasteiger partial charge in [0.25, 0.3) is 0 Å². The van der Waals surface area contributed by atoms with E-state index in [1.54, 1.807) is 4.90 Å². The van der Waals surface area contributed by atoms with E-state index in [-0.39, 0.29) is 48.8 Å². The van der Waals surface area contributed by atoms with Crippen molar-refractivity contribution in [2.24, 2.45) is 17.8 Å². The molecule has 2 N–H and O–H groups in total. The molecule has 2 saturated heterocycles. The van der Waals surface area contributed by atoms with E-state index in [0.29, 0.717) is 25.7 Å². The van der Waals surface area contributed by atoms with Gasteiger partial charge in [-0.15, -0.1) is 0 Å². The summed E-state index contributed by atoms with van der Waals surface area (Å²) in [6.45, 7) is 23.6. The van der Waals surface area contributed by atoms with E-state index in [0.717, 1.165) is 6.42 Å². The Morgan fingerprint density at radius 1 is 1.00 bits per heavy atom. The number of nitrogens with one attached hydrogen (secondary N) is 2. The van der Waals surface area contributed by atoms with Gasteiger partial charge in [0, 0.05) is 25.0 Å². The Balaban J connectivity index is 1.88. The average molecular weight is 550 g/mol. The summed E-state index contributed by atoms with van der Waals surface area (Å²) < 4.78 is 18.1. The van der Waals surface area contributed by atoms with E-state index in [9.17, 15) is 14.4 Å². The molecule has 2 heterocycles. The summed E-state index contributed by atoms with van der Waals surface area (Å²) in [6.07, 6.45) is 2.28. The summed E-state index contributed by atoms with van der Waals surface area (Å²) in [4.78, 5) is 41.4. The number of rotatable bonds is 6. The van der Waals surface area contributed by atoms with E-state index >= 15 is 0 Å². The monoisotopic (exact) mass is 549 g/mol. The number of amides is 3. The van der Waals surface area contributed by atoms with E-state index < -0.39 is 27.9 Å². The molecule has 0 bridgehead atoms. The van der Waals surface area contributed by atoms with Crippen molar-refractivity contribution in [1.29, 1.82) is 0 Å². The molecular formula is C29H52BN3O6. The Morgan fingerprint density at radius 2 is 1.56 bits per heavy atom. The molecule has 3 aliphatic rings. The summed E-state index contributed by atoms with van der Waals surface area (Å²) >= 11 is 0. The third-order valence-corrected chi connectivity index (χ3v) is 8.95. The molecule has 3 amide bonds. The van der Waals surface area contributed by atoms with Crippen LogP contribution in [0.1, 0.15) is 102 Å². The molecule has 3 rings (SSSR count). The van der Waals surface area contributed by atoms with E-state index in [1.807, 2.05) is 76.2 Å². The Labute approximate surface area is 236 Å². The van der Waals surface area contributed by atoms with Gasteiger partial charge in [0.2, 0.25) is 11.8 Å². The van der Waals surface area contributed by atoms with Crippen molar-refractivity contribution in [3.63, 3.8) is 0 Å². The fourth-order valence-corrected chi connectivity index (χ4v) is 6.59. The lowest BCUT2D eigenvalue weighted by molar-refractivity contribution is -0.136. The first-order valence-electron chi connectivity index (χ1n) is 14.6. The van der Waals surface area contributed by atoms with E-state index in [2.05, 4.69) is 10.6 Å². The highest BCUT2D eigenvalue weighted by Gasteiger charge is 2.63. The maximum Gasteiger partial charge on any atom is 0.457 e. The standard InChI is InChI=1S/C29H52BN3O6/c1-18-20-16-29(31-19(2)34,23(35)32-25(3,4)5)22(21(20)17-33(18)24(36)37-26(6,7)8)14-13-15-30-38-27(9,10)28(11,12)39-30/h18,20-22H,13-17H2,1-12H3,(H,31,34)(H,32,35)/t18-,20-,21?,22-,29?/m0/s1. The zero-order chi connectivity index (χ0) is 29.8. The minimum absolute atomic E-state index is 0.0448. The lowest BCUT2D eigenvalue weighted by Gasteiger charge is -2.40. The van der Waals surface area contributed by atoms with Gasteiger partial charge >= 0.3 is 13.2 Å². The van der Waals surface area contributed by atoms with E-state index in [4.69, 9.17) is 14.0 Å². The maximum atomic E-state index is 14.0. The molecule has 5 atom stereocenters. The highest BCUT2D eigenvalue weighted by molar-refractivity contribution is 6.45. The molecular weight excluding hydrogens is 497 g/mol. The molecule has 10 heteroatoms. The van der Waals surface area contributed by atoms with Crippen LogP contribution in [0.15, 0.2) is 0 Å². The quantitative estimate of drug-likeness (QED) is 0.472. The number of ether oxygens (including phenoxy) is 1. The van der Waals surface area contributed by atoms with Crippen LogP contribution >= 0.6 is 0 Å². The van der Waals surface area contributed by atoms with Gasteiger partial charge in [-0.2, -0.15) is 0 Å². The number of hydrogen-bond donors (Lipinski definition) is 2. The predicted molar refractivity (Wildman–Crippen MR) is 152 cm³/mol. The molecule has 9 nitrogen and oxygen atoms in total. The normalized spacial score (nSPS) is 31.7. The lowest BCUT2D eigenvalue weighted by Crippen LogP contribution is -2.64. The van der Waals surface area contributed by atoms with Crippen LogP contribution in [-0.4, -0.2) is 70.4 Å². The van der Waals surface area contributed by atoms with Crippen LogP contribution in [0.2, 0.25) is 6.32 Å². The number of hydrogen-bond acceptors (Lipinski definition) is 6. The van der Waals surface area contributed by atoms with Crippen molar-refractivity contribution >= 4 is 25.0 Å². The minimum atomic E-state index is -1.06. The number of carbonyl (C=O) groups excluding carboxylic acids is 3. The summed E-state index contributed by atoms with van der Waals surface area (Å²) in [7, 11) is -0.327. The number of likely N-dealkylation sites (tertiary alicyclic amines) is 1. The van der Waals surface area contributed by atoms with Crippen LogP contribution in [0.5, 0.6) is 0 Å². The molecule has 2 aliphatic heterocycles. The first-order chi connectivity index (χ1) is 17.6. The second-order valence-corrected chi connectivity index (χ2v) is 15.0. The first kappa shape index (κ1) is 31.7. The molecule has 39 heavy (non-hydrogen) atoms. The smallest absolute Gasteiger partial charge is 0.444 e. The van der Waals surface area contributed by atoms with Crippen molar-refractivity contribution in [1.82, 2.24) is 15.5 Å². The molecule has 2 unspecified atom stereocenters. The number of nitrogens with zero attached hydrogens (tertiary/aromatic N) is 1. The van der Waals surface area contributed by atoms with Gasteiger partial charge in [0.05, 0.1) is 11.2 Å². The highest BCUT2D eigenvalue weighted by Crippen LogP contribution is 2.53. The van der Waals surface area contributed by atoms with Crippen LogP contribution in [0, 0.1) is 17.8 Å². The summed E-state index contributed by atoms with van der Waals surface area (Å²) in [6, 6.07) is -0.117. The van der Waals surface area contributed by atoms with Crippen molar-refractivity contribution in [2.45, 2.75) is 143 Å². The molecule has 0 spiro atoms. The Hall–Kier alpha value is -1.81. The highest BCUT2D eigenvalue weighted by atomic mass is 16.7. The third-order valence-electron chi connectivity index (χ3n) is 8.95. The first-order valence-corrected chi connectivity index (χ1v) is 14.6. The third kappa shape index (κ3) is 6.75. The number of fused-ring (bicyclic) bond motifs is 1. The second-order valence-electron chi connectivity index (χ2n) is 15.0. The molecule has 1 saturated carbocycles. The predicted octanol–water partition coefficient (Wildman–Crippen LogP) is 4.54. The fourth-order valence-electron chi connectivity index (χ4n) is 6.59. The van der Waals surface area contributed by atoms with Gasteiger partial charge in [0.1, 0.15) is 11.1 Å². The Morgan fingerprint density at radius 3 is 2.05 bits per heavy atom. The maximum absolute atomic E-state index is 14.0. The molecule has 0 aromatic carbocycles. The molecule has 0 aromatic rings. The molecule has 0 aromatic heterocycles. The summed E-state index contributed by atoms with van der Waals surface area (Å²) in [5.74, 6) is -0.450. The van der Waals surface area contributed by atoms with Crippen molar-refractivity contribution < 1.29 is 28.4 Å². The summed E-state index contributed by atoms with van der Waals surface area (Å²) in [5, 5.41) is 6.27. The minimum Gasteiger partial charge on any atom is -0.444 e. The van der Waals surface area contributed by atoms with Crippen molar-refractivity contribution in [3.05, 3.63) is 0 Å². The molecule has 0 radical (unpaired) electrons. The SMILES string of the molecule is CC(=O)NC1(C(=O)NC(C)(C)C)C[C@@H]2C(CN(C(=O)OC(C)(C)C)[C@H]2C)[C@@H]1CCCB1OC(C)(C)C(C)(C)O1. The molecule has 3 fully saturated rings. The number of carbonyl (C=O) groups is 3. The topological polar surface area (TPSA) is 106 Å². The second kappa shape index (κ2) is 10.5. The Bertz CT molecular complexity index is 940. The molecule has 1 aliphatic carbocycles. The van der Waals surface area contributed by atoms with Gasteiger partial charge in [0.15, 0.2) is 0 Å². The van der Waals surface area contributed by atoms with Crippen molar-refractivity contribution in [2.75, 3.05) is 6.54 Å². The zero-order valence-corrected chi connectivity index (χ0v) is 26.3. The lowest BCUT2D eigenvalue weighted by atomic mass is 9.74. The fraction of sp³-hybridized carbons (Fsp3) is 0.897. The summed E-state index contributed by atoms with van der Waals surface area (Å²) in [5.41, 5.74) is -2.92. The van der Waals surface area contributed by atoms with Gasteiger partial charge in [-0.25, -0.2) is 4.79 Å². The van der Waals surface area contributed by atoms with Crippen LogP contribution in [0.25, 0.3) is 0 Å². The Kier molecular flexibility index (Phi) is 8.58. The zero-order valence-electron chi connectivity index (χ0n) is 26.3. The van der Waals surface area contributed by atoms with Gasteiger partial charge in [-0.3, -0.25) is 9.59 Å². The van der Waals surface area contributed by atoms with Gasteiger partial charge in [-0.1, -0.05) is 6.42 Å². The average Bonchev–Trinajstić information content (AvgIpc) is 3.26. The van der Waals surface area contributed by atoms with Crippen LogP contribution < -0.4 is 10.6 Å². The van der Waals surface area contributed by atoms with Gasteiger partial charge in [-0.05, 0) is 113 Å².